The fraction of sp³-hybridized carbons (Fsp3) is 0.647. The molecule has 0 bridgehead atoms. The Morgan fingerprint density at radius 2 is 1.89 bits per heavy atom. The Morgan fingerprint density at radius 3 is 2.58 bits per heavy atom. The lowest BCUT2D eigenvalue weighted by Crippen LogP contribution is -2.23. The topological polar surface area (TPSA) is 15.3 Å². The van der Waals surface area contributed by atoms with Crippen LogP contribution in [0.4, 0.5) is 11.4 Å². The highest BCUT2D eigenvalue weighted by Gasteiger charge is 2.16. The third-order valence-corrected chi connectivity index (χ3v) is 4.11. The first kappa shape index (κ1) is 14.2. The lowest BCUT2D eigenvalue weighted by molar-refractivity contribution is 0.593. The number of anilines is 2. The molecule has 1 aliphatic heterocycles. The van der Waals surface area contributed by atoms with Crippen molar-refractivity contribution in [1.82, 2.24) is 0 Å². The molecule has 1 fully saturated rings. The van der Waals surface area contributed by atoms with E-state index in [2.05, 4.69) is 48.3 Å². The third-order valence-electron chi connectivity index (χ3n) is 4.11. The van der Waals surface area contributed by atoms with Gasteiger partial charge in [0.05, 0.1) is 11.4 Å². The molecule has 0 aliphatic carbocycles. The summed E-state index contributed by atoms with van der Waals surface area (Å²) in [4.78, 5) is 2.52. The summed E-state index contributed by atoms with van der Waals surface area (Å²) in [5.74, 6) is 0. The number of hydrogen-bond donors (Lipinski definition) is 1. The van der Waals surface area contributed by atoms with E-state index in [1.54, 1.807) is 0 Å². The minimum Gasteiger partial charge on any atom is -0.381 e. The van der Waals surface area contributed by atoms with Crippen molar-refractivity contribution in [2.24, 2.45) is 0 Å². The second-order valence-electron chi connectivity index (χ2n) is 5.60. The van der Waals surface area contributed by atoms with Crippen molar-refractivity contribution in [1.29, 1.82) is 0 Å². The lowest BCUT2D eigenvalue weighted by atomic mass is 10.1. The molecule has 1 unspecified atom stereocenters. The van der Waals surface area contributed by atoms with Crippen LogP contribution in [0, 0.1) is 0 Å². The molecule has 19 heavy (non-hydrogen) atoms. The van der Waals surface area contributed by atoms with Crippen LogP contribution in [0.3, 0.4) is 0 Å². The second kappa shape index (κ2) is 7.42. The van der Waals surface area contributed by atoms with Crippen LogP contribution in [-0.4, -0.2) is 19.1 Å². The Hall–Kier alpha value is -1.18. The number of unbranched alkanes of at least 4 members (excludes halogenated alkanes) is 1. The van der Waals surface area contributed by atoms with E-state index in [0.717, 1.165) is 0 Å². The molecule has 0 saturated carbocycles. The number of rotatable bonds is 7. The van der Waals surface area contributed by atoms with Crippen molar-refractivity contribution < 1.29 is 0 Å². The summed E-state index contributed by atoms with van der Waals surface area (Å²) >= 11 is 0. The van der Waals surface area contributed by atoms with Crippen molar-refractivity contribution in [3.05, 3.63) is 24.3 Å². The minimum absolute atomic E-state index is 0.615. The van der Waals surface area contributed by atoms with E-state index in [1.807, 2.05) is 0 Å². The van der Waals surface area contributed by atoms with E-state index in [0.29, 0.717) is 6.04 Å². The second-order valence-corrected chi connectivity index (χ2v) is 5.60. The van der Waals surface area contributed by atoms with E-state index in [-0.39, 0.29) is 0 Å². The van der Waals surface area contributed by atoms with Crippen molar-refractivity contribution in [2.45, 2.75) is 58.4 Å². The van der Waals surface area contributed by atoms with Gasteiger partial charge in [-0.2, -0.15) is 0 Å². The van der Waals surface area contributed by atoms with E-state index in [9.17, 15) is 0 Å². The Morgan fingerprint density at radius 1 is 1.16 bits per heavy atom. The Kier molecular flexibility index (Phi) is 5.56. The summed E-state index contributed by atoms with van der Waals surface area (Å²) in [5, 5.41) is 3.77. The van der Waals surface area contributed by atoms with Crippen LogP contribution in [-0.2, 0) is 0 Å². The van der Waals surface area contributed by atoms with Crippen molar-refractivity contribution in [3.63, 3.8) is 0 Å². The van der Waals surface area contributed by atoms with Crippen LogP contribution in [0.5, 0.6) is 0 Å². The molecule has 1 aromatic rings. The van der Waals surface area contributed by atoms with Gasteiger partial charge in [-0.1, -0.05) is 38.8 Å². The van der Waals surface area contributed by atoms with Crippen LogP contribution < -0.4 is 10.2 Å². The highest BCUT2D eigenvalue weighted by Crippen LogP contribution is 2.29. The van der Waals surface area contributed by atoms with Gasteiger partial charge in [0.2, 0.25) is 0 Å². The van der Waals surface area contributed by atoms with Gasteiger partial charge in [0, 0.05) is 19.1 Å². The molecule has 1 heterocycles. The number of benzene rings is 1. The molecule has 1 saturated heterocycles. The summed E-state index contributed by atoms with van der Waals surface area (Å²) in [7, 11) is 0. The Balaban J connectivity index is 2.05. The van der Waals surface area contributed by atoms with Crippen molar-refractivity contribution in [3.8, 4) is 0 Å². The maximum Gasteiger partial charge on any atom is 0.0602 e. The molecule has 1 aliphatic rings. The molecule has 1 N–H and O–H groups in total. The van der Waals surface area contributed by atoms with Gasteiger partial charge in [-0.3, -0.25) is 0 Å². The summed E-state index contributed by atoms with van der Waals surface area (Å²) in [6, 6.07) is 9.42. The van der Waals surface area contributed by atoms with Crippen LogP contribution in [0.1, 0.15) is 52.4 Å². The summed E-state index contributed by atoms with van der Waals surface area (Å²) < 4.78 is 0. The summed E-state index contributed by atoms with van der Waals surface area (Å²) in [6.45, 7) is 6.98. The third kappa shape index (κ3) is 3.89. The highest BCUT2D eigenvalue weighted by atomic mass is 15.2. The van der Waals surface area contributed by atoms with Gasteiger partial charge in [-0.25, -0.2) is 0 Å². The van der Waals surface area contributed by atoms with E-state index >= 15 is 0 Å². The molecule has 0 radical (unpaired) electrons. The fourth-order valence-electron chi connectivity index (χ4n) is 2.88. The largest absolute Gasteiger partial charge is 0.381 e. The van der Waals surface area contributed by atoms with Gasteiger partial charge in [0.15, 0.2) is 0 Å². The predicted molar refractivity (Wildman–Crippen MR) is 85.1 cm³/mol. The molecular weight excluding hydrogens is 232 g/mol. The average Bonchev–Trinajstić information content (AvgIpc) is 2.98. The Labute approximate surface area is 118 Å². The molecule has 0 aromatic heterocycles. The highest BCUT2D eigenvalue weighted by molar-refractivity contribution is 5.70. The average molecular weight is 260 g/mol. The number of nitrogens with zero attached hydrogens (tertiary/aromatic N) is 1. The van der Waals surface area contributed by atoms with Gasteiger partial charge in [-0.05, 0) is 37.8 Å². The smallest absolute Gasteiger partial charge is 0.0602 e. The molecule has 0 spiro atoms. The normalized spacial score (nSPS) is 16.6. The van der Waals surface area contributed by atoms with Crippen molar-refractivity contribution >= 4 is 11.4 Å². The number of hydrogen-bond acceptors (Lipinski definition) is 2. The first-order valence-corrected chi connectivity index (χ1v) is 7.95. The Bertz CT molecular complexity index is 369. The van der Waals surface area contributed by atoms with Gasteiger partial charge < -0.3 is 10.2 Å². The zero-order chi connectivity index (χ0) is 13.5. The van der Waals surface area contributed by atoms with Crippen LogP contribution >= 0.6 is 0 Å². The van der Waals surface area contributed by atoms with Gasteiger partial charge in [0.1, 0.15) is 0 Å². The maximum atomic E-state index is 3.77. The van der Waals surface area contributed by atoms with Gasteiger partial charge >= 0.3 is 0 Å². The molecule has 2 heteroatoms. The van der Waals surface area contributed by atoms with Crippen LogP contribution in [0.2, 0.25) is 0 Å². The number of para-hydroxylation sites is 2. The summed E-state index contributed by atoms with van der Waals surface area (Å²) in [6.07, 6.45) is 7.75. The summed E-state index contributed by atoms with van der Waals surface area (Å²) in [5.41, 5.74) is 2.72. The zero-order valence-corrected chi connectivity index (χ0v) is 12.5. The molecule has 106 valence electrons. The standard InChI is InChI=1S/C17H28N2/c1-3-5-10-15(4-2)18-16-11-6-7-12-17(16)19-13-8-9-14-19/h6-7,11-12,15,18H,3-5,8-10,13-14H2,1-2H3. The lowest BCUT2D eigenvalue weighted by Gasteiger charge is -2.25. The van der Waals surface area contributed by atoms with E-state index in [4.69, 9.17) is 0 Å². The zero-order valence-electron chi connectivity index (χ0n) is 12.5. The molecule has 2 nitrogen and oxygen atoms in total. The van der Waals surface area contributed by atoms with E-state index in [1.165, 1.54) is 63.0 Å². The first-order valence-electron chi connectivity index (χ1n) is 7.95. The maximum absolute atomic E-state index is 3.77. The minimum atomic E-state index is 0.615. The molecular formula is C17H28N2. The predicted octanol–water partition coefficient (Wildman–Crippen LogP) is 4.67. The SMILES string of the molecule is CCCCC(CC)Nc1ccccc1N1CCCC1. The monoisotopic (exact) mass is 260 g/mol. The van der Waals surface area contributed by atoms with Crippen LogP contribution in [0.15, 0.2) is 24.3 Å². The molecule has 0 amide bonds. The fourth-order valence-corrected chi connectivity index (χ4v) is 2.88. The molecule has 2 rings (SSSR count). The molecule has 1 atom stereocenters. The molecule has 1 aromatic carbocycles. The van der Waals surface area contributed by atoms with Crippen LogP contribution in [0.25, 0.3) is 0 Å². The number of nitrogens with one attached hydrogen (secondary N) is 1. The first-order chi connectivity index (χ1) is 9.35. The van der Waals surface area contributed by atoms with E-state index < -0.39 is 0 Å². The van der Waals surface area contributed by atoms with Crippen molar-refractivity contribution in [2.75, 3.05) is 23.3 Å². The van der Waals surface area contributed by atoms with Gasteiger partial charge in [-0.15, -0.1) is 0 Å². The quantitative estimate of drug-likeness (QED) is 0.766. The van der Waals surface area contributed by atoms with Gasteiger partial charge in [0.25, 0.3) is 0 Å².